The third-order valence-corrected chi connectivity index (χ3v) is 6.31. The Labute approximate surface area is 166 Å². The number of pyridine rings is 1. The first kappa shape index (κ1) is 18.5. The van der Waals surface area contributed by atoms with Crippen LogP contribution in [-0.4, -0.2) is 58.5 Å². The largest absolute Gasteiger partial charge is 0.384 e. The lowest BCUT2D eigenvalue weighted by Gasteiger charge is -2.35. The van der Waals surface area contributed by atoms with E-state index < -0.39 is 0 Å². The van der Waals surface area contributed by atoms with Gasteiger partial charge >= 0.3 is 0 Å². The fourth-order valence-corrected chi connectivity index (χ4v) is 5.07. The predicted molar refractivity (Wildman–Crippen MR) is 112 cm³/mol. The molecule has 0 bridgehead atoms. The smallest absolute Gasteiger partial charge is 0.126 e. The number of rotatable bonds is 5. The van der Waals surface area contributed by atoms with Crippen LogP contribution in [0.1, 0.15) is 13.8 Å². The van der Waals surface area contributed by atoms with Gasteiger partial charge in [0, 0.05) is 38.4 Å². The number of hydrogen-bond acceptors (Lipinski definition) is 7. The number of ether oxygens (including phenoxy) is 1. The fraction of sp³-hybridized carbons (Fsp3) is 0.444. The Bertz CT molecular complexity index is 918. The quantitative estimate of drug-likeness (QED) is 0.601. The van der Waals surface area contributed by atoms with E-state index in [1.165, 1.54) is 0 Å². The summed E-state index contributed by atoms with van der Waals surface area (Å²) in [6.45, 7) is 7.90. The Morgan fingerprint density at radius 1 is 1.41 bits per heavy atom. The zero-order valence-electron chi connectivity index (χ0n) is 15.3. The predicted octanol–water partition coefficient (Wildman–Crippen LogP) is 3.44. The molecule has 7 nitrogen and oxygen atoms in total. The van der Waals surface area contributed by atoms with Gasteiger partial charge in [-0.25, -0.2) is 4.98 Å². The number of fused-ring (bicyclic) bond motifs is 1. The van der Waals surface area contributed by atoms with Crippen molar-refractivity contribution in [3.8, 4) is 10.6 Å². The first-order valence-electron chi connectivity index (χ1n) is 9.01. The Kier molecular flexibility index (Phi) is 5.23. The number of nitrogen functional groups attached to an aromatic ring is 1. The number of aromatic nitrogens is 3. The molecule has 9 heteroatoms. The molecule has 27 heavy (non-hydrogen) atoms. The van der Waals surface area contributed by atoms with Gasteiger partial charge in [-0.05, 0) is 19.9 Å². The lowest BCUT2D eigenvalue weighted by Crippen LogP contribution is -2.46. The minimum atomic E-state index is 0.269. The van der Waals surface area contributed by atoms with Crippen LogP contribution in [-0.2, 0) is 4.74 Å². The third-order valence-electron chi connectivity index (χ3n) is 4.59. The average molecular weight is 407 g/mol. The third kappa shape index (κ3) is 3.89. The number of morpholine rings is 1. The highest BCUT2D eigenvalue weighted by molar-refractivity contribution is 7.23. The van der Waals surface area contributed by atoms with Crippen LogP contribution in [0.4, 0.5) is 11.5 Å². The molecule has 144 valence electrons. The SMILES string of the molecule is C[C@@H]1CN(CCNc2cc(N)nc3c(Cl)c(-c4ccn[nH]4)sc23)C[C@H](C)O1. The van der Waals surface area contributed by atoms with Crippen molar-refractivity contribution in [2.75, 3.05) is 37.2 Å². The summed E-state index contributed by atoms with van der Waals surface area (Å²) in [7, 11) is 0. The molecule has 0 amide bonds. The highest BCUT2D eigenvalue weighted by atomic mass is 35.5. The molecule has 0 aromatic carbocycles. The first-order valence-corrected chi connectivity index (χ1v) is 10.2. The number of thiophene rings is 1. The van der Waals surface area contributed by atoms with Crippen molar-refractivity contribution in [3.05, 3.63) is 23.4 Å². The van der Waals surface area contributed by atoms with E-state index in [0.29, 0.717) is 10.8 Å². The number of nitrogens with one attached hydrogen (secondary N) is 2. The standard InChI is InChI=1S/C18H23ClN6OS/c1-10-8-25(9-11(2)26-10)6-5-21-13-7-14(20)23-16-15(19)17(27-18(13)16)12-3-4-22-24-12/h3-4,7,10-11H,5-6,8-9H2,1-2H3,(H,22,24)(H3,20,21,23)/t10-,11+. The Morgan fingerprint density at radius 2 is 2.19 bits per heavy atom. The maximum atomic E-state index is 6.58. The summed E-state index contributed by atoms with van der Waals surface area (Å²) in [5.41, 5.74) is 8.59. The van der Waals surface area contributed by atoms with Crippen LogP contribution in [0.15, 0.2) is 18.3 Å². The molecule has 0 spiro atoms. The summed E-state index contributed by atoms with van der Waals surface area (Å²) in [6.07, 6.45) is 2.25. The van der Waals surface area contributed by atoms with Crippen LogP contribution in [0.25, 0.3) is 20.8 Å². The zero-order valence-corrected chi connectivity index (χ0v) is 16.9. The highest BCUT2D eigenvalue weighted by Gasteiger charge is 2.22. The summed E-state index contributed by atoms with van der Waals surface area (Å²) in [5, 5.41) is 11.1. The molecule has 1 aliphatic heterocycles. The Hall–Kier alpha value is -1.87. The second-order valence-electron chi connectivity index (χ2n) is 6.93. The van der Waals surface area contributed by atoms with Gasteiger partial charge in [-0.15, -0.1) is 11.3 Å². The van der Waals surface area contributed by atoms with Crippen molar-refractivity contribution in [2.45, 2.75) is 26.1 Å². The summed E-state index contributed by atoms with van der Waals surface area (Å²) < 4.78 is 6.80. The van der Waals surface area contributed by atoms with E-state index in [2.05, 4.69) is 39.2 Å². The minimum Gasteiger partial charge on any atom is -0.384 e. The van der Waals surface area contributed by atoms with E-state index in [-0.39, 0.29) is 12.2 Å². The van der Waals surface area contributed by atoms with Crippen molar-refractivity contribution in [1.82, 2.24) is 20.1 Å². The number of nitrogens with zero attached hydrogens (tertiary/aromatic N) is 3. The van der Waals surface area contributed by atoms with Crippen LogP contribution >= 0.6 is 22.9 Å². The molecular formula is C18H23ClN6OS. The van der Waals surface area contributed by atoms with Gasteiger partial charge in [-0.2, -0.15) is 5.10 Å². The summed E-state index contributed by atoms with van der Waals surface area (Å²) in [5.74, 6) is 0.453. The lowest BCUT2D eigenvalue weighted by atomic mass is 10.2. The zero-order chi connectivity index (χ0) is 19.0. The molecule has 0 radical (unpaired) electrons. The molecule has 1 aliphatic rings. The molecule has 4 rings (SSSR count). The first-order chi connectivity index (χ1) is 13.0. The number of nitrogens with two attached hydrogens (primary N) is 1. The molecule has 3 aromatic rings. The topological polar surface area (TPSA) is 92.1 Å². The number of anilines is 2. The number of hydrogen-bond donors (Lipinski definition) is 3. The van der Waals surface area contributed by atoms with Gasteiger partial charge in [0.25, 0.3) is 0 Å². The van der Waals surface area contributed by atoms with E-state index in [1.54, 1.807) is 17.5 Å². The molecule has 4 heterocycles. The number of aromatic amines is 1. The van der Waals surface area contributed by atoms with Crippen LogP contribution < -0.4 is 11.1 Å². The maximum absolute atomic E-state index is 6.58. The molecule has 3 aromatic heterocycles. The molecular weight excluding hydrogens is 384 g/mol. The Balaban J connectivity index is 1.54. The van der Waals surface area contributed by atoms with E-state index in [4.69, 9.17) is 22.1 Å². The van der Waals surface area contributed by atoms with Crippen molar-refractivity contribution >= 4 is 44.7 Å². The van der Waals surface area contributed by atoms with Gasteiger partial charge in [0.1, 0.15) is 11.3 Å². The summed E-state index contributed by atoms with van der Waals surface area (Å²) >= 11 is 8.16. The van der Waals surface area contributed by atoms with Crippen LogP contribution in [0.3, 0.4) is 0 Å². The van der Waals surface area contributed by atoms with Crippen molar-refractivity contribution in [2.24, 2.45) is 0 Å². The van der Waals surface area contributed by atoms with Gasteiger partial charge in [-0.1, -0.05) is 11.6 Å². The van der Waals surface area contributed by atoms with Crippen molar-refractivity contribution in [3.63, 3.8) is 0 Å². The van der Waals surface area contributed by atoms with Gasteiger partial charge in [0.05, 0.1) is 38.2 Å². The Morgan fingerprint density at radius 3 is 2.89 bits per heavy atom. The maximum Gasteiger partial charge on any atom is 0.126 e. The minimum absolute atomic E-state index is 0.269. The summed E-state index contributed by atoms with van der Waals surface area (Å²) in [6, 6.07) is 3.77. The van der Waals surface area contributed by atoms with Crippen molar-refractivity contribution in [1.29, 1.82) is 0 Å². The second-order valence-corrected chi connectivity index (χ2v) is 8.33. The molecule has 2 atom stereocenters. The molecule has 0 unspecified atom stereocenters. The fourth-order valence-electron chi connectivity index (χ4n) is 3.56. The average Bonchev–Trinajstić information content (AvgIpc) is 3.23. The van der Waals surface area contributed by atoms with Gasteiger partial charge in [-0.3, -0.25) is 10.00 Å². The highest BCUT2D eigenvalue weighted by Crippen LogP contribution is 2.43. The van der Waals surface area contributed by atoms with Crippen molar-refractivity contribution < 1.29 is 4.74 Å². The molecule has 1 fully saturated rings. The van der Waals surface area contributed by atoms with Crippen LogP contribution in [0, 0.1) is 0 Å². The van der Waals surface area contributed by atoms with Crippen LogP contribution in [0.2, 0.25) is 5.02 Å². The second kappa shape index (κ2) is 7.63. The van der Waals surface area contributed by atoms with E-state index in [1.807, 2.05) is 12.1 Å². The molecule has 0 saturated carbocycles. The van der Waals surface area contributed by atoms with Gasteiger partial charge in [0.2, 0.25) is 0 Å². The monoisotopic (exact) mass is 406 g/mol. The van der Waals surface area contributed by atoms with Gasteiger partial charge < -0.3 is 15.8 Å². The normalized spacial score (nSPS) is 21.0. The van der Waals surface area contributed by atoms with E-state index in [0.717, 1.165) is 52.7 Å². The lowest BCUT2D eigenvalue weighted by molar-refractivity contribution is -0.0667. The number of H-pyrrole nitrogens is 1. The summed E-state index contributed by atoms with van der Waals surface area (Å²) in [4.78, 5) is 7.78. The van der Waals surface area contributed by atoms with E-state index in [9.17, 15) is 0 Å². The molecule has 1 saturated heterocycles. The van der Waals surface area contributed by atoms with Gasteiger partial charge in [0.15, 0.2) is 0 Å². The molecule has 0 aliphatic carbocycles. The van der Waals surface area contributed by atoms with Crippen LogP contribution in [0.5, 0.6) is 0 Å². The number of halogens is 1. The van der Waals surface area contributed by atoms with E-state index >= 15 is 0 Å². The molecule has 4 N–H and O–H groups in total.